The van der Waals surface area contributed by atoms with Crippen molar-refractivity contribution in [1.82, 2.24) is 5.32 Å². The molecule has 0 bridgehead atoms. The number of phenols is 1. The van der Waals surface area contributed by atoms with Crippen molar-refractivity contribution >= 4 is 46.0 Å². The first kappa shape index (κ1) is 16.6. The second kappa shape index (κ2) is 7.47. The van der Waals surface area contributed by atoms with Gasteiger partial charge >= 0.3 is 0 Å². The maximum atomic E-state index is 11.5. The Morgan fingerprint density at radius 3 is 2.64 bits per heavy atom. The van der Waals surface area contributed by atoms with Gasteiger partial charge in [0, 0.05) is 30.4 Å². The Morgan fingerprint density at radius 1 is 1.36 bits per heavy atom. The van der Waals surface area contributed by atoms with Gasteiger partial charge in [0.25, 0.3) is 5.91 Å². The van der Waals surface area contributed by atoms with Crippen molar-refractivity contribution in [3.63, 3.8) is 0 Å². The molecule has 0 atom stereocenters. The third-order valence-corrected chi connectivity index (χ3v) is 4.49. The largest absolute Gasteiger partial charge is 0.507 e. The SMILES string of the molecule is CCN(CC)c1ccc(C=CC=C2SC(=S)NC2=O)c(O)c1. The third-order valence-electron chi connectivity index (χ3n) is 3.31. The van der Waals surface area contributed by atoms with Crippen LogP contribution in [0.3, 0.4) is 0 Å². The zero-order chi connectivity index (χ0) is 16.1. The lowest BCUT2D eigenvalue weighted by atomic mass is 10.1. The van der Waals surface area contributed by atoms with Gasteiger partial charge in [0.15, 0.2) is 0 Å². The molecule has 1 aromatic carbocycles. The van der Waals surface area contributed by atoms with Crippen LogP contribution in [0, 0.1) is 0 Å². The van der Waals surface area contributed by atoms with Gasteiger partial charge in [-0.2, -0.15) is 0 Å². The highest BCUT2D eigenvalue weighted by molar-refractivity contribution is 8.26. The van der Waals surface area contributed by atoms with Crippen molar-refractivity contribution in [3.05, 3.63) is 40.8 Å². The highest BCUT2D eigenvalue weighted by atomic mass is 32.2. The van der Waals surface area contributed by atoms with Gasteiger partial charge in [0.05, 0.1) is 4.91 Å². The van der Waals surface area contributed by atoms with Gasteiger partial charge < -0.3 is 15.3 Å². The summed E-state index contributed by atoms with van der Waals surface area (Å²) >= 11 is 6.16. The molecule has 22 heavy (non-hydrogen) atoms. The van der Waals surface area contributed by atoms with E-state index in [0.29, 0.717) is 14.8 Å². The molecule has 1 amide bonds. The van der Waals surface area contributed by atoms with E-state index < -0.39 is 0 Å². The summed E-state index contributed by atoms with van der Waals surface area (Å²) in [7, 11) is 0. The molecule has 1 fully saturated rings. The predicted molar refractivity (Wildman–Crippen MR) is 97.1 cm³/mol. The number of allylic oxidation sites excluding steroid dienone is 2. The fourth-order valence-electron chi connectivity index (χ4n) is 2.13. The van der Waals surface area contributed by atoms with E-state index in [1.165, 1.54) is 11.8 Å². The minimum absolute atomic E-state index is 0.180. The number of benzene rings is 1. The average molecular weight is 334 g/mol. The molecule has 1 aromatic rings. The van der Waals surface area contributed by atoms with Gasteiger partial charge in [-0.25, -0.2) is 0 Å². The fourth-order valence-corrected chi connectivity index (χ4v) is 3.13. The molecule has 0 saturated carbocycles. The van der Waals surface area contributed by atoms with Crippen LogP contribution in [0.5, 0.6) is 5.75 Å². The summed E-state index contributed by atoms with van der Waals surface area (Å²) in [6.07, 6.45) is 5.20. The molecule has 1 aliphatic heterocycles. The van der Waals surface area contributed by atoms with E-state index in [0.717, 1.165) is 18.8 Å². The Labute approximate surface area is 139 Å². The zero-order valence-corrected chi connectivity index (χ0v) is 14.1. The van der Waals surface area contributed by atoms with Gasteiger partial charge in [0.2, 0.25) is 0 Å². The monoisotopic (exact) mass is 334 g/mol. The van der Waals surface area contributed by atoms with Crippen molar-refractivity contribution in [2.45, 2.75) is 13.8 Å². The van der Waals surface area contributed by atoms with Gasteiger partial charge in [-0.3, -0.25) is 4.79 Å². The number of carbonyl (C=O) groups excluding carboxylic acids is 1. The summed E-state index contributed by atoms with van der Waals surface area (Å²) < 4.78 is 0.469. The van der Waals surface area contributed by atoms with Gasteiger partial charge in [-0.15, -0.1) is 0 Å². The Bertz CT molecular complexity index is 650. The van der Waals surface area contributed by atoms with E-state index in [-0.39, 0.29) is 11.7 Å². The van der Waals surface area contributed by atoms with E-state index in [1.807, 2.05) is 12.1 Å². The highest BCUT2D eigenvalue weighted by Crippen LogP contribution is 2.27. The number of anilines is 1. The van der Waals surface area contributed by atoms with Gasteiger partial charge in [-0.05, 0) is 32.1 Å². The molecule has 2 rings (SSSR count). The molecule has 4 nitrogen and oxygen atoms in total. The van der Waals surface area contributed by atoms with Crippen LogP contribution in [0.15, 0.2) is 35.3 Å². The molecule has 0 unspecified atom stereocenters. The number of carbonyl (C=O) groups is 1. The number of hydrogen-bond acceptors (Lipinski definition) is 5. The maximum Gasteiger partial charge on any atom is 0.263 e. The smallest absolute Gasteiger partial charge is 0.263 e. The maximum absolute atomic E-state index is 11.5. The number of thioether (sulfide) groups is 1. The van der Waals surface area contributed by atoms with Crippen LogP contribution in [0.4, 0.5) is 5.69 Å². The van der Waals surface area contributed by atoms with Crippen LogP contribution in [0.25, 0.3) is 6.08 Å². The molecular weight excluding hydrogens is 316 g/mol. The fraction of sp³-hybridized carbons (Fsp3) is 0.250. The van der Waals surface area contributed by atoms with E-state index in [9.17, 15) is 9.90 Å². The number of thiocarbonyl (C=S) groups is 1. The number of hydrogen-bond donors (Lipinski definition) is 2. The Balaban J connectivity index is 2.13. The first-order valence-electron chi connectivity index (χ1n) is 7.04. The number of nitrogens with zero attached hydrogens (tertiary/aromatic N) is 1. The van der Waals surface area contributed by atoms with Crippen molar-refractivity contribution < 1.29 is 9.90 Å². The van der Waals surface area contributed by atoms with Crippen molar-refractivity contribution in [3.8, 4) is 5.75 Å². The second-order valence-electron chi connectivity index (χ2n) is 4.65. The predicted octanol–water partition coefficient (Wildman–Crippen LogP) is 3.28. The molecule has 0 aromatic heterocycles. The summed E-state index contributed by atoms with van der Waals surface area (Å²) in [4.78, 5) is 14.2. The van der Waals surface area contributed by atoms with Crippen LogP contribution in [0.1, 0.15) is 19.4 Å². The number of amides is 1. The molecule has 0 aliphatic carbocycles. The molecule has 1 saturated heterocycles. The van der Waals surface area contributed by atoms with Crippen LogP contribution in [-0.2, 0) is 4.79 Å². The first-order valence-corrected chi connectivity index (χ1v) is 8.27. The summed E-state index contributed by atoms with van der Waals surface area (Å²) in [6, 6.07) is 5.60. The van der Waals surface area contributed by atoms with Gasteiger partial charge in [-0.1, -0.05) is 36.1 Å². The molecule has 0 radical (unpaired) electrons. The molecule has 116 valence electrons. The highest BCUT2D eigenvalue weighted by Gasteiger charge is 2.20. The Morgan fingerprint density at radius 2 is 2.09 bits per heavy atom. The Hall–Kier alpha value is -1.79. The van der Waals surface area contributed by atoms with Crippen molar-refractivity contribution in [1.29, 1.82) is 0 Å². The Kier molecular flexibility index (Phi) is 5.63. The minimum atomic E-state index is -0.180. The van der Waals surface area contributed by atoms with E-state index in [2.05, 4.69) is 24.1 Å². The van der Waals surface area contributed by atoms with Crippen molar-refractivity contribution in [2.24, 2.45) is 0 Å². The normalized spacial score (nSPS) is 16.5. The molecule has 6 heteroatoms. The minimum Gasteiger partial charge on any atom is -0.507 e. The number of aromatic hydroxyl groups is 1. The van der Waals surface area contributed by atoms with Crippen LogP contribution in [0.2, 0.25) is 0 Å². The van der Waals surface area contributed by atoms with E-state index >= 15 is 0 Å². The molecule has 1 heterocycles. The molecule has 0 spiro atoms. The first-order chi connectivity index (χ1) is 10.5. The molecular formula is C16H18N2O2S2. The molecule has 1 aliphatic rings. The quantitative estimate of drug-likeness (QED) is 0.639. The summed E-state index contributed by atoms with van der Waals surface area (Å²) in [5.41, 5.74) is 1.70. The lowest BCUT2D eigenvalue weighted by Crippen LogP contribution is -2.21. The number of rotatable bonds is 5. The zero-order valence-electron chi connectivity index (χ0n) is 12.5. The third kappa shape index (κ3) is 3.90. The standard InChI is InChI=1S/C16H18N2O2S2/c1-3-18(4-2)12-9-8-11(13(19)10-12)6-5-7-14-15(20)17-16(21)22-14/h5-10,19H,3-4H2,1-2H3,(H,17,20,21). The molecule has 2 N–H and O–H groups in total. The lowest BCUT2D eigenvalue weighted by molar-refractivity contribution is -0.115. The summed E-state index contributed by atoms with van der Waals surface area (Å²) in [5, 5.41) is 12.7. The van der Waals surface area contributed by atoms with E-state index in [1.54, 1.807) is 24.3 Å². The van der Waals surface area contributed by atoms with Crippen LogP contribution in [-0.4, -0.2) is 28.4 Å². The topological polar surface area (TPSA) is 52.6 Å². The van der Waals surface area contributed by atoms with Crippen LogP contribution >= 0.6 is 24.0 Å². The summed E-state index contributed by atoms with van der Waals surface area (Å²) in [5.74, 6) is 0.0406. The van der Waals surface area contributed by atoms with Crippen LogP contribution < -0.4 is 10.2 Å². The van der Waals surface area contributed by atoms with E-state index in [4.69, 9.17) is 12.2 Å². The lowest BCUT2D eigenvalue weighted by Gasteiger charge is -2.21. The van der Waals surface area contributed by atoms with Gasteiger partial charge in [0.1, 0.15) is 10.1 Å². The number of nitrogens with one attached hydrogen (secondary N) is 1. The average Bonchev–Trinajstić information content (AvgIpc) is 2.80. The van der Waals surface area contributed by atoms with Crippen molar-refractivity contribution in [2.75, 3.05) is 18.0 Å². The number of phenolic OH excluding ortho intramolecular Hbond substituents is 1. The second-order valence-corrected chi connectivity index (χ2v) is 6.37. The summed E-state index contributed by atoms with van der Waals surface area (Å²) in [6.45, 7) is 5.94.